The van der Waals surface area contributed by atoms with E-state index >= 15 is 0 Å². The van der Waals surface area contributed by atoms with Crippen molar-refractivity contribution in [2.45, 2.75) is 77.7 Å². The fraction of sp³-hybridized carbons (Fsp3) is 0.632. The first-order chi connectivity index (χ1) is 11.7. The second-order valence-corrected chi connectivity index (χ2v) is 8.42. The highest BCUT2D eigenvalue weighted by molar-refractivity contribution is 5.91. The summed E-state index contributed by atoms with van der Waals surface area (Å²) >= 11 is 0. The first-order valence-electron chi connectivity index (χ1n) is 9.00. The molecule has 2 aromatic rings. The number of hydrogen-bond acceptors (Lipinski definition) is 4. The fourth-order valence-electron chi connectivity index (χ4n) is 3.53. The van der Waals surface area contributed by atoms with Gasteiger partial charge in [0.05, 0.1) is 23.3 Å². The van der Waals surface area contributed by atoms with Crippen molar-refractivity contribution in [3.8, 4) is 0 Å². The Morgan fingerprint density at radius 2 is 2.00 bits per heavy atom. The second kappa shape index (κ2) is 6.32. The number of aromatic nitrogens is 3. The van der Waals surface area contributed by atoms with E-state index in [-0.39, 0.29) is 23.3 Å². The Bertz CT molecular complexity index is 761. The normalized spacial score (nSPS) is 17.0. The summed E-state index contributed by atoms with van der Waals surface area (Å²) in [5.41, 5.74) is 1.75. The van der Waals surface area contributed by atoms with Crippen LogP contribution in [0.4, 0.5) is 5.82 Å². The molecule has 1 saturated carbocycles. The van der Waals surface area contributed by atoms with Crippen LogP contribution in [0, 0.1) is 6.92 Å². The van der Waals surface area contributed by atoms with Gasteiger partial charge >= 0.3 is 0 Å². The molecule has 1 N–H and O–H groups in total. The van der Waals surface area contributed by atoms with Crippen LogP contribution in [0.3, 0.4) is 0 Å². The summed E-state index contributed by atoms with van der Waals surface area (Å²) in [7, 11) is 0. The van der Waals surface area contributed by atoms with E-state index in [4.69, 9.17) is 9.62 Å². The predicted molar refractivity (Wildman–Crippen MR) is 96.6 cm³/mol. The number of anilines is 1. The number of hydrogen-bond donors (Lipinski definition) is 1. The zero-order chi connectivity index (χ0) is 18.2. The lowest BCUT2D eigenvalue weighted by Gasteiger charge is -2.23. The molecule has 1 amide bonds. The average Bonchev–Trinajstić information content (AvgIpc) is 3.19. The number of rotatable bonds is 4. The summed E-state index contributed by atoms with van der Waals surface area (Å²) < 4.78 is 7.07. The van der Waals surface area contributed by atoms with Crippen molar-refractivity contribution < 1.29 is 9.32 Å². The quantitative estimate of drug-likeness (QED) is 0.911. The van der Waals surface area contributed by atoms with Gasteiger partial charge < -0.3 is 9.84 Å². The third-order valence-electron chi connectivity index (χ3n) is 4.95. The lowest BCUT2D eigenvalue weighted by atomic mass is 9.85. The predicted octanol–water partition coefficient (Wildman–Crippen LogP) is 3.95. The van der Waals surface area contributed by atoms with Crippen LogP contribution in [0.15, 0.2) is 16.7 Å². The summed E-state index contributed by atoms with van der Waals surface area (Å²) in [6.45, 7) is 10.4. The molecule has 136 valence electrons. The van der Waals surface area contributed by atoms with Gasteiger partial charge in [0.2, 0.25) is 5.91 Å². The third-order valence-corrected chi connectivity index (χ3v) is 4.95. The van der Waals surface area contributed by atoms with Gasteiger partial charge in [0.15, 0.2) is 0 Å². The van der Waals surface area contributed by atoms with Crippen molar-refractivity contribution >= 4 is 11.7 Å². The Labute approximate surface area is 149 Å². The summed E-state index contributed by atoms with van der Waals surface area (Å²) in [5.74, 6) is 1.20. The van der Waals surface area contributed by atoms with Crippen molar-refractivity contribution in [3.05, 3.63) is 29.3 Å². The van der Waals surface area contributed by atoms with Crippen LogP contribution >= 0.6 is 0 Å². The minimum atomic E-state index is -0.210. The molecule has 0 saturated heterocycles. The molecule has 1 fully saturated rings. The van der Waals surface area contributed by atoms with Gasteiger partial charge in [0.1, 0.15) is 11.6 Å². The first kappa shape index (κ1) is 17.7. The smallest absolute Gasteiger partial charge is 0.233 e. The van der Waals surface area contributed by atoms with E-state index in [2.05, 4.69) is 38.2 Å². The molecule has 1 aliphatic carbocycles. The molecule has 1 aliphatic rings. The summed E-state index contributed by atoms with van der Waals surface area (Å²) in [6, 6.07) is 3.83. The summed E-state index contributed by atoms with van der Waals surface area (Å²) in [5, 5.41) is 11.7. The van der Waals surface area contributed by atoms with E-state index in [1.54, 1.807) is 6.07 Å². The molecule has 0 aliphatic heterocycles. The van der Waals surface area contributed by atoms with Crippen LogP contribution in [-0.4, -0.2) is 20.8 Å². The largest absolute Gasteiger partial charge is 0.361 e. The van der Waals surface area contributed by atoms with Gasteiger partial charge in [-0.25, -0.2) is 4.68 Å². The molecule has 25 heavy (non-hydrogen) atoms. The van der Waals surface area contributed by atoms with Gasteiger partial charge in [-0.1, -0.05) is 24.9 Å². The Balaban J connectivity index is 1.83. The van der Waals surface area contributed by atoms with Gasteiger partial charge in [-0.2, -0.15) is 5.10 Å². The van der Waals surface area contributed by atoms with Gasteiger partial charge in [0.25, 0.3) is 0 Å². The maximum atomic E-state index is 12.4. The number of amides is 1. The second-order valence-electron chi connectivity index (χ2n) is 8.42. The number of carbonyl (C=O) groups is 1. The van der Waals surface area contributed by atoms with E-state index in [0.717, 1.165) is 30.0 Å². The maximum absolute atomic E-state index is 12.4. The Morgan fingerprint density at radius 1 is 1.32 bits per heavy atom. The van der Waals surface area contributed by atoms with Crippen LogP contribution in [0.5, 0.6) is 0 Å². The highest BCUT2D eigenvalue weighted by Gasteiger charge is 2.35. The summed E-state index contributed by atoms with van der Waals surface area (Å²) in [6.07, 6.45) is 4.96. The Hall–Kier alpha value is -2.11. The lowest BCUT2D eigenvalue weighted by molar-refractivity contribution is -0.115. The fourth-order valence-corrected chi connectivity index (χ4v) is 3.53. The SMILES string of the molecule is Cc1cc(CC(=O)Nc2cc(C3(C)CCCC3)nn2C(C)(C)C)on1. The molecule has 6 nitrogen and oxygen atoms in total. The zero-order valence-corrected chi connectivity index (χ0v) is 15.8. The minimum Gasteiger partial charge on any atom is -0.361 e. The van der Waals surface area contributed by atoms with Gasteiger partial charge in [-0.3, -0.25) is 4.79 Å². The number of nitrogens with zero attached hydrogens (tertiary/aromatic N) is 3. The van der Waals surface area contributed by atoms with Crippen LogP contribution < -0.4 is 5.32 Å². The number of nitrogens with one attached hydrogen (secondary N) is 1. The topological polar surface area (TPSA) is 73.0 Å². The van der Waals surface area contributed by atoms with Crippen LogP contribution in [-0.2, 0) is 22.2 Å². The molecule has 0 spiro atoms. The third kappa shape index (κ3) is 3.78. The van der Waals surface area contributed by atoms with Crippen LogP contribution in [0.1, 0.15) is 70.5 Å². The molecule has 2 heterocycles. The van der Waals surface area contributed by atoms with E-state index in [1.165, 1.54) is 12.8 Å². The van der Waals surface area contributed by atoms with Crippen molar-refractivity contribution in [1.82, 2.24) is 14.9 Å². The van der Waals surface area contributed by atoms with Gasteiger partial charge in [-0.15, -0.1) is 0 Å². The lowest BCUT2D eigenvalue weighted by Crippen LogP contribution is -2.28. The molecular weight excluding hydrogens is 316 g/mol. The zero-order valence-electron chi connectivity index (χ0n) is 15.8. The molecular formula is C19H28N4O2. The Morgan fingerprint density at radius 3 is 2.56 bits per heavy atom. The van der Waals surface area contributed by atoms with E-state index in [0.29, 0.717) is 5.76 Å². The molecule has 0 aromatic carbocycles. The minimum absolute atomic E-state index is 0.109. The highest BCUT2D eigenvalue weighted by Crippen LogP contribution is 2.41. The molecule has 0 unspecified atom stereocenters. The highest BCUT2D eigenvalue weighted by atomic mass is 16.5. The van der Waals surface area contributed by atoms with Crippen LogP contribution in [0.25, 0.3) is 0 Å². The van der Waals surface area contributed by atoms with Crippen molar-refractivity contribution in [3.63, 3.8) is 0 Å². The van der Waals surface area contributed by atoms with E-state index in [9.17, 15) is 4.79 Å². The van der Waals surface area contributed by atoms with Crippen molar-refractivity contribution in [2.24, 2.45) is 0 Å². The van der Waals surface area contributed by atoms with Gasteiger partial charge in [-0.05, 0) is 40.5 Å². The molecule has 0 radical (unpaired) electrons. The molecule has 6 heteroatoms. The standard InChI is InChI=1S/C19H28N4O2/c1-13-10-14(25-22-13)11-17(24)20-16-12-15(19(5)8-6-7-9-19)21-23(16)18(2,3)4/h10,12H,6-9,11H2,1-5H3,(H,20,24). The van der Waals surface area contributed by atoms with E-state index < -0.39 is 0 Å². The number of carbonyl (C=O) groups excluding carboxylic acids is 1. The molecule has 2 aromatic heterocycles. The molecule has 3 rings (SSSR count). The molecule has 0 bridgehead atoms. The maximum Gasteiger partial charge on any atom is 0.233 e. The first-order valence-corrected chi connectivity index (χ1v) is 9.00. The van der Waals surface area contributed by atoms with Gasteiger partial charge in [0, 0.05) is 17.5 Å². The average molecular weight is 344 g/mol. The monoisotopic (exact) mass is 344 g/mol. The molecule has 0 atom stereocenters. The Kier molecular flexibility index (Phi) is 4.47. The van der Waals surface area contributed by atoms with Crippen molar-refractivity contribution in [2.75, 3.05) is 5.32 Å². The van der Waals surface area contributed by atoms with Crippen molar-refractivity contribution in [1.29, 1.82) is 0 Å². The summed E-state index contributed by atoms with van der Waals surface area (Å²) in [4.78, 5) is 12.4. The van der Waals surface area contributed by atoms with E-state index in [1.807, 2.05) is 17.7 Å². The van der Waals surface area contributed by atoms with Crippen LogP contribution in [0.2, 0.25) is 0 Å². The number of aryl methyl sites for hydroxylation is 1.